The highest BCUT2D eigenvalue weighted by Gasteiger charge is 2.26. The van der Waals surface area contributed by atoms with E-state index in [9.17, 15) is 0 Å². The summed E-state index contributed by atoms with van der Waals surface area (Å²) in [6.45, 7) is 2.13. The number of imidazole rings is 1. The summed E-state index contributed by atoms with van der Waals surface area (Å²) in [7, 11) is 0. The summed E-state index contributed by atoms with van der Waals surface area (Å²) < 4.78 is 1.93. The van der Waals surface area contributed by atoms with Crippen molar-refractivity contribution in [3.05, 3.63) is 16.9 Å². The van der Waals surface area contributed by atoms with Crippen LogP contribution in [0, 0.1) is 0 Å². The highest BCUT2D eigenvalue weighted by Crippen LogP contribution is 2.39. The Balaban J connectivity index is 2.09. The standard InChI is InChI=1S/C9H11N3S/c1-2-8-11-12-5-7(6-3-4-6)10-9(12)13-8/h5-6H,2-4H2,1H3. The summed E-state index contributed by atoms with van der Waals surface area (Å²) in [6.07, 6.45) is 5.71. The van der Waals surface area contributed by atoms with Gasteiger partial charge in [0.05, 0.1) is 11.9 Å². The van der Waals surface area contributed by atoms with Gasteiger partial charge in [-0.2, -0.15) is 5.10 Å². The second kappa shape index (κ2) is 2.54. The molecular formula is C9H11N3S. The van der Waals surface area contributed by atoms with Crippen LogP contribution in [0.4, 0.5) is 0 Å². The molecule has 0 saturated heterocycles. The topological polar surface area (TPSA) is 30.2 Å². The molecule has 1 aliphatic carbocycles. The molecule has 68 valence electrons. The number of aryl methyl sites for hydroxylation is 1. The Kier molecular flexibility index (Phi) is 1.47. The molecule has 0 unspecified atom stereocenters. The van der Waals surface area contributed by atoms with E-state index in [-0.39, 0.29) is 0 Å². The van der Waals surface area contributed by atoms with E-state index in [1.165, 1.54) is 23.5 Å². The van der Waals surface area contributed by atoms with Gasteiger partial charge in [0.2, 0.25) is 4.96 Å². The molecule has 2 aromatic rings. The van der Waals surface area contributed by atoms with Gasteiger partial charge in [-0.15, -0.1) is 0 Å². The van der Waals surface area contributed by atoms with Crippen LogP contribution in [0.2, 0.25) is 0 Å². The zero-order valence-electron chi connectivity index (χ0n) is 7.53. The third-order valence-corrected chi connectivity index (χ3v) is 3.47. The lowest BCUT2D eigenvalue weighted by molar-refractivity contribution is 0.904. The quantitative estimate of drug-likeness (QED) is 0.732. The fourth-order valence-electron chi connectivity index (χ4n) is 1.48. The largest absolute Gasteiger partial charge is 0.222 e. The maximum absolute atomic E-state index is 4.56. The first-order valence-corrected chi connectivity index (χ1v) is 5.53. The maximum atomic E-state index is 4.56. The van der Waals surface area contributed by atoms with Gasteiger partial charge >= 0.3 is 0 Å². The van der Waals surface area contributed by atoms with E-state index < -0.39 is 0 Å². The summed E-state index contributed by atoms with van der Waals surface area (Å²) in [5, 5.41) is 5.61. The molecule has 0 bridgehead atoms. The molecule has 3 nitrogen and oxygen atoms in total. The molecule has 2 heterocycles. The normalized spacial score (nSPS) is 17.0. The molecule has 1 saturated carbocycles. The summed E-state index contributed by atoms with van der Waals surface area (Å²) in [4.78, 5) is 5.62. The molecule has 0 aliphatic heterocycles. The first kappa shape index (κ1) is 7.50. The molecule has 0 radical (unpaired) electrons. The maximum Gasteiger partial charge on any atom is 0.212 e. The Morgan fingerprint density at radius 3 is 3.08 bits per heavy atom. The van der Waals surface area contributed by atoms with Crippen molar-refractivity contribution in [2.75, 3.05) is 0 Å². The predicted octanol–water partition coefficient (Wildman–Crippen LogP) is 2.23. The average Bonchev–Trinajstić information content (AvgIpc) is 2.78. The fraction of sp³-hybridized carbons (Fsp3) is 0.556. The SMILES string of the molecule is CCc1nn2cc(C3CC3)nc2s1. The Hall–Kier alpha value is -0.900. The Bertz CT molecular complexity index is 407. The van der Waals surface area contributed by atoms with Crippen LogP contribution in [-0.2, 0) is 6.42 Å². The smallest absolute Gasteiger partial charge is 0.212 e. The summed E-state index contributed by atoms with van der Waals surface area (Å²) in [5.74, 6) is 0.735. The third-order valence-electron chi connectivity index (χ3n) is 2.40. The summed E-state index contributed by atoms with van der Waals surface area (Å²) >= 11 is 1.70. The van der Waals surface area contributed by atoms with Crippen molar-refractivity contribution in [2.24, 2.45) is 0 Å². The first-order valence-electron chi connectivity index (χ1n) is 4.72. The van der Waals surface area contributed by atoms with Gasteiger partial charge in [0.25, 0.3) is 0 Å². The molecule has 1 aliphatic rings. The Labute approximate surface area is 80.4 Å². The summed E-state index contributed by atoms with van der Waals surface area (Å²) in [6, 6.07) is 0. The van der Waals surface area contributed by atoms with Gasteiger partial charge in [-0.05, 0) is 19.3 Å². The van der Waals surface area contributed by atoms with Gasteiger partial charge in [-0.1, -0.05) is 18.3 Å². The number of nitrogens with zero attached hydrogens (tertiary/aromatic N) is 3. The van der Waals surface area contributed by atoms with Crippen molar-refractivity contribution in [3.8, 4) is 0 Å². The van der Waals surface area contributed by atoms with Crippen LogP contribution in [0.15, 0.2) is 6.20 Å². The van der Waals surface area contributed by atoms with Crippen molar-refractivity contribution in [1.82, 2.24) is 14.6 Å². The molecule has 0 spiro atoms. The molecule has 3 rings (SSSR count). The van der Waals surface area contributed by atoms with Gasteiger partial charge in [0.15, 0.2) is 0 Å². The van der Waals surface area contributed by atoms with Crippen LogP contribution in [0.3, 0.4) is 0 Å². The zero-order valence-corrected chi connectivity index (χ0v) is 8.34. The number of fused-ring (bicyclic) bond motifs is 1. The van der Waals surface area contributed by atoms with Gasteiger partial charge < -0.3 is 0 Å². The minimum absolute atomic E-state index is 0.735. The van der Waals surface area contributed by atoms with Crippen molar-refractivity contribution < 1.29 is 0 Å². The van der Waals surface area contributed by atoms with Gasteiger partial charge in [-0.25, -0.2) is 9.50 Å². The van der Waals surface area contributed by atoms with Crippen molar-refractivity contribution >= 4 is 16.3 Å². The van der Waals surface area contributed by atoms with Crippen molar-refractivity contribution in [2.45, 2.75) is 32.1 Å². The number of aromatic nitrogens is 3. The lowest BCUT2D eigenvalue weighted by Gasteiger charge is -1.84. The number of hydrogen-bond donors (Lipinski definition) is 0. The molecular weight excluding hydrogens is 182 g/mol. The Morgan fingerprint density at radius 2 is 2.46 bits per heavy atom. The lowest BCUT2D eigenvalue weighted by atomic mass is 10.3. The highest BCUT2D eigenvalue weighted by atomic mass is 32.1. The third kappa shape index (κ3) is 1.16. The minimum Gasteiger partial charge on any atom is -0.222 e. The van der Waals surface area contributed by atoms with Gasteiger partial charge in [0.1, 0.15) is 5.01 Å². The van der Waals surface area contributed by atoms with E-state index in [4.69, 9.17) is 0 Å². The average molecular weight is 193 g/mol. The zero-order chi connectivity index (χ0) is 8.84. The monoisotopic (exact) mass is 193 g/mol. The van der Waals surface area contributed by atoms with E-state index in [0.717, 1.165) is 17.3 Å². The van der Waals surface area contributed by atoms with E-state index >= 15 is 0 Å². The van der Waals surface area contributed by atoms with Crippen LogP contribution >= 0.6 is 11.3 Å². The summed E-state index contributed by atoms with van der Waals surface area (Å²) in [5.41, 5.74) is 1.24. The predicted molar refractivity (Wildman–Crippen MR) is 52.2 cm³/mol. The minimum atomic E-state index is 0.735. The van der Waals surface area contributed by atoms with E-state index in [2.05, 4.69) is 23.2 Å². The number of hydrogen-bond acceptors (Lipinski definition) is 3. The fourth-order valence-corrected chi connectivity index (χ4v) is 2.30. The second-order valence-electron chi connectivity index (χ2n) is 3.52. The van der Waals surface area contributed by atoms with Crippen molar-refractivity contribution in [3.63, 3.8) is 0 Å². The second-order valence-corrected chi connectivity index (χ2v) is 4.56. The highest BCUT2D eigenvalue weighted by molar-refractivity contribution is 7.16. The molecule has 13 heavy (non-hydrogen) atoms. The van der Waals surface area contributed by atoms with Crippen molar-refractivity contribution in [1.29, 1.82) is 0 Å². The number of rotatable bonds is 2. The molecule has 4 heteroatoms. The van der Waals surface area contributed by atoms with Crippen LogP contribution in [0.1, 0.15) is 36.4 Å². The molecule has 1 fully saturated rings. The molecule has 0 N–H and O–H groups in total. The molecule has 0 atom stereocenters. The molecule has 0 amide bonds. The molecule has 0 aromatic carbocycles. The first-order chi connectivity index (χ1) is 6.36. The van der Waals surface area contributed by atoms with E-state index in [1.807, 2.05) is 4.52 Å². The van der Waals surface area contributed by atoms with Crippen LogP contribution in [-0.4, -0.2) is 14.6 Å². The van der Waals surface area contributed by atoms with E-state index in [0.29, 0.717) is 0 Å². The van der Waals surface area contributed by atoms with Gasteiger partial charge in [0, 0.05) is 5.92 Å². The molecule has 2 aromatic heterocycles. The van der Waals surface area contributed by atoms with Gasteiger partial charge in [-0.3, -0.25) is 0 Å². The van der Waals surface area contributed by atoms with Crippen LogP contribution < -0.4 is 0 Å². The Morgan fingerprint density at radius 1 is 1.62 bits per heavy atom. The van der Waals surface area contributed by atoms with Crippen LogP contribution in [0.25, 0.3) is 4.96 Å². The lowest BCUT2D eigenvalue weighted by Crippen LogP contribution is -1.83. The van der Waals surface area contributed by atoms with E-state index in [1.54, 1.807) is 11.3 Å². The van der Waals surface area contributed by atoms with Crippen LogP contribution in [0.5, 0.6) is 0 Å².